The molecule has 0 unspecified atom stereocenters. The summed E-state index contributed by atoms with van der Waals surface area (Å²) in [5, 5.41) is 8.89. The van der Waals surface area contributed by atoms with E-state index < -0.39 is 16.0 Å². The quantitative estimate of drug-likeness (QED) is 0.888. The van der Waals surface area contributed by atoms with Gasteiger partial charge in [0.1, 0.15) is 4.21 Å². The Kier molecular flexibility index (Phi) is 4.27. The number of carboxylic acid groups (broad SMARTS) is 1. The number of benzene rings is 1. The molecule has 21 heavy (non-hydrogen) atoms. The molecular weight excluding hydrogens is 334 g/mol. The van der Waals surface area contributed by atoms with Gasteiger partial charge in [0, 0.05) is 0 Å². The van der Waals surface area contributed by atoms with Crippen LogP contribution in [0.4, 0.5) is 5.69 Å². The van der Waals surface area contributed by atoms with Gasteiger partial charge in [-0.25, -0.2) is 13.2 Å². The maximum Gasteiger partial charge on any atom is 0.335 e. The molecule has 0 spiro atoms. The van der Waals surface area contributed by atoms with Crippen molar-refractivity contribution in [3.8, 4) is 0 Å². The van der Waals surface area contributed by atoms with Crippen LogP contribution in [0.2, 0.25) is 4.34 Å². The van der Waals surface area contributed by atoms with E-state index in [4.69, 9.17) is 16.7 Å². The lowest BCUT2D eigenvalue weighted by Crippen LogP contribution is -2.12. The molecule has 0 aliphatic rings. The van der Waals surface area contributed by atoms with Crippen molar-refractivity contribution in [2.75, 3.05) is 4.72 Å². The molecule has 1 aromatic carbocycles. The van der Waals surface area contributed by atoms with Crippen LogP contribution in [0.3, 0.4) is 0 Å². The van der Waals surface area contributed by atoms with E-state index in [9.17, 15) is 13.2 Å². The first kappa shape index (κ1) is 15.8. The van der Waals surface area contributed by atoms with E-state index in [1.165, 1.54) is 24.3 Å². The Morgan fingerprint density at radius 2 is 1.90 bits per heavy atom. The Morgan fingerprint density at radius 3 is 2.38 bits per heavy atom. The Balaban J connectivity index is 2.35. The van der Waals surface area contributed by atoms with Crippen molar-refractivity contribution in [3.63, 3.8) is 0 Å². The van der Waals surface area contributed by atoms with Crippen LogP contribution in [0.5, 0.6) is 0 Å². The molecule has 5 nitrogen and oxygen atoms in total. The fourth-order valence-corrected chi connectivity index (χ4v) is 4.51. The van der Waals surface area contributed by atoms with Gasteiger partial charge < -0.3 is 5.11 Å². The van der Waals surface area contributed by atoms with Crippen LogP contribution in [0.15, 0.2) is 28.5 Å². The van der Waals surface area contributed by atoms with Gasteiger partial charge in [0.2, 0.25) is 0 Å². The first-order valence-electron chi connectivity index (χ1n) is 5.83. The molecule has 0 bridgehead atoms. The molecule has 1 heterocycles. The fourth-order valence-electron chi connectivity index (χ4n) is 1.67. The number of carboxylic acids is 1. The number of sulfonamides is 1. The number of anilines is 1. The molecule has 0 fully saturated rings. The van der Waals surface area contributed by atoms with Crippen molar-refractivity contribution in [1.82, 2.24) is 0 Å². The zero-order valence-corrected chi connectivity index (χ0v) is 13.6. The summed E-state index contributed by atoms with van der Waals surface area (Å²) in [5.41, 5.74) is 1.66. The largest absolute Gasteiger partial charge is 0.478 e. The maximum atomic E-state index is 12.3. The first-order valence-corrected chi connectivity index (χ1v) is 8.51. The minimum absolute atomic E-state index is 0.102. The van der Waals surface area contributed by atoms with E-state index in [0.717, 1.165) is 11.3 Å². The van der Waals surface area contributed by atoms with Crippen LogP contribution in [0.25, 0.3) is 0 Å². The van der Waals surface area contributed by atoms with E-state index in [-0.39, 0.29) is 9.77 Å². The van der Waals surface area contributed by atoms with Crippen molar-refractivity contribution in [2.45, 2.75) is 18.1 Å². The lowest BCUT2D eigenvalue weighted by Gasteiger charge is -2.09. The normalized spacial score (nSPS) is 11.4. The van der Waals surface area contributed by atoms with Gasteiger partial charge in [-0.2, -0.15) is 0 Å². The predicted octanol–water partition coefficient (Wildman–Crippen LogP) is 3.52. The predicted molar refractivity (Wildman–Crippen MR) is 83.0 cm³/mol. The third-order valence-electron chi connectivity index (χ3n) is 2.82. The molecule has 2 aromatic rings. The molecule has 0 saturated heterocycles. The zero-order chi connectivity index (χ0) is 15.8. The molecule has 0 radical (unpaired) electrons. The highest BCUT2D eigenvalue weighted by molar-refractivity contribution is 7.94. The number of carbonyl (C=O) groups is 1. The van der Waals surface area contributed by atoms with Crippen LogP contribution in [0.1, 0.15) is 21.5 Å². The standard InChI is InChI=1S/C13H12ClNO4S2/c1-7-5-9(13(16)17)3-4-10(7)15-21(18,19)11-6-8(2)12(14)20-11/h3-6,15H,1-2H3,(H,16,17). The number of aryl methyl sites for hydroxylation is 2. The summed E-state index contributed by atoms with van der Waals surface area (Å²) in [6.07, 6.45) is 0. The van der Waals surface area contributed by atoms with E-state index >= 15 is 0 Å². The third-order valence-corrected chi connectivity index (χ3v) is 6.21. The number of rotatable bonds is 4. The lowest BCUT2D eigenvalue weighted by molar-refractivity contribution is 0.0697. The van der Waals surface area contributed by atoms with Crippen molar-refractivity contribution in [1.29, 1.82) is 0 Å². The van der Waals surface area contributed by atoms with Gasteiger partial charge in [0.05, 0.1) is 15.6 Å². The second-order valence-electron chi connectivity index (χ2n) is 4.46. The number of hydrogen-bond acceptors (Lipinski definition) is 4. The molecular formula is C13H12ClNO4S2. The molecule has 112 valence electrons. The van der Waals surface area contributed by atoms with Crippen molar-refractivity contribution >= 4 is 44.6 Å². The van der Waals surface area contributed by atoms with Crippen LogP contribution in [-0.2, 0) is 10.0 Å². The van der Waals surface area contributed by atoms with E-state index in [0.29, 0.717) is 21.2 Å². The highest BCUT2D eigenvalue weighted by atomic mass is 35.5. The first-order chi connectivity index (χ1) is 9.70. The van der Waals surface area contributed by atoms with Crippen LogP contribution < -0.4 is 4.72 Å². The van der Waals surface area contributed by atoms with Crippen molar-refractivity contribution in [2.24, 2.45) is 0 Å². The second kappa shape index (κ2) is 5.67. The molecule has 2 N–H and O–H groups in total. The molecule has 0 aliphatic carbocycles. The molecule has 0 atom stereocenters. The summed E-state index contributed by atoms with van der Waals surface area (Å²) >= 11 is 6.86. The summed E-state index contributed by atoms with van der Waals surface area (Å²) in [6.45, 7) is 3.36. The minimum Gasteiger partial charge on any atom is -0.478 e. The lowest BCUT2D eigenvalue weighted by atomic mass is 10.1. The Hall–Kier alpha value is -1.57. The monoisotopic (exact) mass is 345 g/mol. The van der Waals surface area contributed by atoms with E-state index in [1.54, 1.807) is 13.8 Å². The average Bonchev–Trinajstić information content (AvgIpc) is 2.72. The van der Waals surface area contributed by atoms with E-state index in [1.807, 2.05) is 0 Å². The van der Waals surface area contributed by atoms with Gasteiger partial charge in [-0.1, -0.05) is 11.6 Å². The van der Waals surface area contributed by atoms with Crippen LogP contribution in [0, 0.1) is 13.8 Å². The summed E-state index contributed by atoms with van der Waals surface area (Å²) in [4.78, 5) is 10.9. The van der Waals surface area contributed by atoms with Gasteiger partial charge in [-0.15, -0.1) is 11.3 Å². The average molecular weight is 346 g/mol. The molecule has 0 aliphatic heterocycles. The highest BCUT2D eigenvalue weighted by Crippen LogP contribution is 2.31. The smallest absolute Gasteiger partial charge is 0.335 e. The van der Waals surface area contributed by atoms with Gasteiger partial charge >= 0.3 is 5.97 Å². The van der Waals surface area contributed by atoms with Crippen LogP contribution >= 0.6 is 22.9 Å². The Labute approximate surface area is 131 Å². The molecule has 2 rings (SSSR count). The Bertz CT molecular complexity index is 792. The summed E-state index contributed by atoms with van der Waals surface area (Å²) in [7, 11) is -3.73. The Morgan fingerprint density at radius 1 is 1.24 bits per heavy atom. The third kappa shape index (κ3) is 3.37. The number of hydrogen-bond donors (Lipinski definition) is 2. The van der Waals surface area contributed by atoms with Crippen molar-refractivity contribution in [3.05, 3.63) is 45.3 Å². The summed E-state index contributed by atoms with van der Waals surface area (Å²) in [6, 6.07) is 5.68. The van der Waals surface area contributed by atoms with Gasteiger partial charge in [0.25, 0.3) is 10.0 Å². The number of halogens is 1. The molecule has 1 aromatic heterocycles. The minimum atomic E-state index is -3.73. The molecule has 8 heteroatoms. The topological polar surface area (TPSA) is 83.5 Å². The van der Waals surface area contributed by atoms with Gasteiger partial charge in [0.15, 0.2) is 0 Å². The highest BCUT2D eigenvalue weighted by Gasteiger charge is 2.19. The maximum absolute atomic E-state index is 12.3. The summed E-state index contributed by atoms with van der Waals surface area (Å²) in [5.74, 6) is -1.06. The van der Waals surface area contributed by atoms with Gasteiger partial charge in [-0.05, 0) is 49.2 Å². The zero-order valence-electron chi connectivity index (χ0n) is 11.2. The molecule has 0 amide bonds. The molecule has 0 saturated carbocycles. The SMILES string of the molecule is Cc1cc(C(=O)O)ccc1NS(=O)(=O)c1cc(C)c(Cl)s1. The van der Waals surface area contributed by atoms with E-state index in [2.05, 4.69) is 4.72 Å². The number of thiophene rings is 1. The van der Waals surface area contributed by atoms with Gasteiger partial charge in [-0.3, -0.25) is 4.72 Å². The van der Waals surface area contributed by atoms with Crippen LogP contribution in [-0.4, -0.2) is 19.5 Å². The number of nitrogens with one attached hydrogen (secondary N) is 1. The fraction of sp³-hybridized carbons (Fsp3) is 0.154. The second-order valence-corrected chi connectivity index (χ2v) is 8.03. The number of aromatic carboxylic acids is 1. The van der Waals surface area contributed by atoms with Crippen molar-refractivity contribution < 1.29 is 18.3 Å². The summed E-state index contributed by atoms with van der Waals surface area (Å²) < 4.78 is 27.5.